The van der Waals surface area contributed by atoms with E-state index in [1.807, 2.05) is 30.3 Å². The molecule has 9 heteroatoms. The third-order valence-electron chi connectivity index (χ3n) is 6.13. The lowest BCUT2D eigenvalue weighted by Gasteiger charge is -2.42. The van der Waals surface area contributed by atoms with E-state index in [-0.39, 0.29) is 23.6 Å². The summed E-state index contributed by atoms with van der Waals surface area (Å²) in [6.45, 7) is 1.37. The van der Waals surface area contributed by atoms with Crippen molar-refractivity contribution in [3.63, 3.8) is 0 Å². The minimum absolute atomic E-state index is 0.0174. The molecule has 32 heavy (non-hydrogen) atoms. The molecule has 2 aliphatic heterocycles. The van der Waals surface area contributed by atoms with Crippen LogP contribution in [0.5, 0.6) is 5.75 Å². The first-order valence-corrected chi connectivity index (χ1v) is 12.2. The predicted octanol–water partition coefficient (Wildman–Crippen LogP) is 1.54. The Morgan fingerprint density at radius 2 is 1.75 bits per heavy atom. The average Bonchev–Trinajstić information content (AvgIpc) is 3.54. The number of sulfonamides is 1. The second-order valence-corrected chi connectivity index (χ2v) is 10.4. The topological polar surface area (TPSA) is 100 Å². The van der Waals surface area contributed by atoms with Crippen molar-refractivity contribution in [3.8, 4) is 5.75 Å². The molecule has 1 amide bonds. The van der Waals surface area contributed by atoms with E-state index in [2.05, 4.69) is 4.98 Å². The van der Waals surface area contributed by atoms with E-state index >= 15 is 0 Å². The van der Waals surface area contributed by atoms with Crippen molar-refractivity contribution in [1.82, 2.24) is 14.2 Å². The minimum atomic E-state index is -3.65. The number of aliphatic hydroxyl groups excluding tert-OH is 1. The van der Waals surface area contributed by atoms with Crippen molar-refractivity contribution in [2.45, 2.75) is 29.9 Å². The number of carbonyl (C=O) groups excluding carboxylic acids is 1. The first-order chi connectivity index (χ1) is 15.5. The van der Waals surface area contributed by atoms with Gasteiger partial charge in [-0.15, -0.1) is 0 Å². The summed E-state index contributed by atoms with van der Waals surface area (Å²) >= 11 is 0. The van der Waals surface area contributed by atoms with Gasteiger partial charge in [-0.1, -0.05) is 30.3 Å². The Labute approximate surface area is 187 Å². The molecule has 0 unspecified atom stereocenters. The summed E-state index contributed by atoms with van der Waals surface area (Å²) < 4.78 is 32.6. The second-order valence-electron chi connectivity index (χ2n) is 8.47. The van der Waals surface area contributed by atoms with Crippen LogP contribution in [0.3, 0.4) is 0 Å². The van der Waals surface area contributed by atoms with E-state index in [4.69, 9.17) is 4.74 Å². The van der Waals surface area contributed by atoms with E-state index in [9.17, 15) is 18.3 Å². The first kappa shape index (κ1) is 21.1. The Hall–Kier alpha value is -2.75. The number of amides is 1. The molecule has 1 aromatic heterocycles. The zero-order valence-electron chi connectivity index (χ0n) is 17.6. The van der Waals surface area contributed by atoms with Gasteiger partial charge >= 0.3 is 0 Å². The highest BCUT2D eigenvalue weighted by Gasteiger charge is 2.39. The van der Waals surface area contributed by atoms with Crippen LogP contribution in [-0.4, -0.2) is 72.5 Å². The largest absolute Gasteiger partial charge is 0.489 e. The summed E-state index contributed by atoms with van der Waals surface area (Å²) in [6.07, 6.45) is 3.75. The maximum absolute atomic E-state index is 12.8. The molecule has 168 valence electrons. The number of likely N-dealkylation sites (tertiary alicyclic amines) is 1. The molecular formula is C23H25N3O5S. The Morgan fingerprint density at radius 3 is 2.34 bits per heavy atom. The average molecular weight is 456 g/mol. The van der Waals surface area contributed by atoms with Crippen LogP contribution in [0.25, 0.3) is 0 Å². The Morgan fingerprint density at radius 1 is 1.06 bits per heavy atom. The molecule has 0 bridgehead atoms. The summed E-state index contributed by atoms with van der Waals surface area (Å²) in [5, 5.41) is 9.72. The van der Waals surface area contributed by atoms with E-state index < -0.39 is 15.9 Å². The number of aliphatic hydroxyl groups is 1. The van der Waals surface area contributed by atoms with Gasteiger partial charge in [0.05, 0.1) is 24.8 Å². The molecule has 2 aromatic rings. The van der Waals surface area contributed by atoms with Crippen LogP contribution in [0.15, 0.2) is 64.8 Å². The molecule has 5 rings (SSSR count). The van der Waals surface area contributed by atoms with Crippen molar-refractivity contribution in [3.05, 3.63) is 65.4 Å². The van der Waals surface area contributed by atoms with Crippen molar-refractivity contribution < 1.29 is 23.1 Å². The highest BCUT2D eigenvalue weighted by Crippen LogP contribution is 2.32. The van der Waals surface area contributed by atoms with Gasteiger partial charge < -0.3 is 14.7 Å². The normalized spacial score (nSPS) is 19.8. The fraction of sp³-hybridized carbons (Fsp3) is 0.391. The number of pyridine rings is 1. The summed E-state index contributed by atoms with van der Waals surface area (Å²) in [4.78, 5) is 18.5. The molecule has 8 nitrogen and oxygen atoms in total. The fourth-order valence-corrected chi connectivity index (χ4v) is 5.24. The lowest BCUT2D eigenvalue weighted by Crippen LogP contribution is -2.52. The predicted molar refractivity (Wildman–Crippen MR) is 117 cm³/mol. The molecule has 1 aromatic carbocycles. The van der Waals surface area contributed by atoms with Crippen LogP contribution in [0.1, 0.15) is 24.3 Å². The number of hydrogen-bond donors (Lipinski definition) is 1. The number of nitrogens with zero attached hydrogens (tertiary/aromatic N) is 3. The van der Waals surface area contributed by atoms with Gasteiger partial charge in [0.15, 0.2) is 5.03 Å². The molecule has 3 fully saturated rings. The highest BCUT2D eigenvalue weighted by molar-refractivity contribution is 7.89. The van der Waals surface area contributed by atoms with Crippen molar-refractivity contribution in [1.29, 1.82) is 0 Å². The monoisotopic (exact) mass is 455 g/mol. The molecule has 1 aliphatic carbocycles. The third-order valence-corrected chi connectivity index (χ3v) is 7.84. The number of carbonyl (C=O) groups is 1. The summed E-state index contributed by atoms with van der Waals surface area (Å²) in [7, 11) is -3.65. The third kappa shape index (κ3) is 4.03. The van der Waals surface area contributed by atoms with E-state index in [0.29, 0.717) is 31.9 Å². The quantitative estimate of drug-likeness (QED) is 0.636. The lowest BCUT2D eigenvalue weighted by atomic mass is 9.92. The molecule has 1 atom stereocenters. The van der Waals surface area contributed by atoms with Crippen LogP contribution in [0.2, 0.25) is 0 Å². The molecule has 3 aliphatic rings. The summed E-state index contributed by atoms with van der Waals surface area (Å²) in [5.74, 6) is -0.0858. The molecule has 3 heterocycles. The van der Waals surface area contributed by atoms with Crippen LogP contribution in [-0.2, 0) is 14.8 Å². The highest BCUT2D eigenvalue weighted by atomic mass is 32.2. The number of ether oxygens (including phenoxy) is 1. The maximum Gasteiger partial charge on any atom is 0.261 e. The summed E-state index contributed by atoms with van der Waals surface area (Å²) in [5.41, 5.74) is 2.94. The zero-order valence-corrected chi connectivity index (χ0v) is 18.4. The maximum atomic E-state index is 12.8. The van der Waals surface area contributed by atoms with E-state index in [0.717, 1.165) is 29.6 Å². The Kier molecular flexibility index (Phi) is 5.48. The van der Waals surface area contributed by atoms with Gasteiger partial charge in [-0.2, -0.15) is 4.31 Å². The molecule has 2 saturated heterocycles. The van der Waals surface area contributed by atoms with Crippen LogP contribution in [0.4, 0.5) is 0 Å². The number of benzene rings is 1. The van der Waals surface area contributed by atoms with Crippen LogP contribution < -0.4 is 4.74 Å². The SMILES string of the molecule is O=C([C@H](CO)c1ccccc1)N1CC(=C2CN(S(=O)(=O)c3ccc(OC4CC4)cn3)C2)C1. The van der Waals surface area contributed by atoms with Gasteiger partial charge in [0.1, 0.15) is 5.75 Å². The molecule has 0 spiro atoms. The number of rotatable bonds is 7. The smallest absolute Gasteiger partial charge is 0.261 e. The molecule has 1 N–H and O–H groups in total. The van der Waals surface area contributed by atoms with Crippen LogP contribution >= 0.6 is 0 Å². The van der Waals surface area contributed by atoms with E-state index in [1.54, 1.807) is 11.0 Å². The molecule has 0 radical (unpaired) electrons. The number of aromatic nitrogens is 1. The van der Waals surface area contributed by atoms with Gasteiger partial charge in [0.25, 0.3) is 10.0 Å². The minimum Gasteiger partial charge on any atom is -0.489 e. The molecular weight excluding hydrogens is 430 g/mol. The summed E-state index contributed by atoms with van der Waals surface area (Å²) in [6, 6.07) is 12.4. The van der Waals surface area contributed by atoms with Gasteiger partial charge in [0.2, 0.25) is 5.91 Å². The zero-order chi connectivity index (χ0) is 22.3. The van der Waals surface area contributed by atoms with Gasteiger partial charge in [-0.25, -0.2) is 13.4 Å². The fourth-order valence-electron chi connectivity index (χ4n) is 3.90. The van der Waals surface area contributed by atoms with E-state index in [1.165, 1.54) is 16.6 Å². The van der Waals surface area contributed by atoms with Gasteiger partial charge in [0, 0.05) is 26.2 Å². The number of hydrogen-bond acceptors (Lipinski definition) is 6. The Balaban J connectivity index is 1.17. The van der Waals surface area contributed by atoms with Gasteiger partial charge in [-0.3, -0.25) is 4.79 Å². The van der Waals surface area contributed by atoms with Crippen LogP contribution in [0, 0.1) is 0 Å². The molecule has 1 saturated carbocycles. The Bertz CT molecular complexity index is 1130. The second kappa shape index (κ2) is 8.31. The van der Waals surface area contributed by atoms with Crippen molar-refractivity contribution >= 4 is 15.9 Å². The first-order valence-electron chi connectivity index (χ1n) is 10.7. The lowest BCUT2D eigenvalue weighted by molar-refractivity contribution is -0.135. The van der Waals surface area contributed by atoms with Crippen molar-refractivity contribution in [2.24, 2.45) is 0 Å². The van der Waals surface area contributed by atoms with Crippen molar-refractivity contribution in [2.75, 3.05) is 32.8 Å². The van der Waals surface area contributed by atoms with Gasteiger partial charge in [-0.05, 0) is 41.7 Å². The standard InChI is InChI=1S/C23H25N3O5S/c27-15-21(16-4-2-1-3-5-16)23(28)25-11-17(12-25)18-13-26(14-18)32(29,30)22-9-8-20(10-24-22)31-19-6-7-19/h1-5,8-10,19,21,27H,6-7,11-15H2/t21-/m1/s1.